The fraction of sp³-hybridized carbons (Fsp3) is 0.830. The quantitative estimate of drug-likeness (QED) is 0.0488. The Kier molecular flexibility index (Phi) is 45.4. The summed E-state index contributed by atoms with van der Waals surface area (Å²) in [4.78, 5) is 72.4. The highest BCUT2D eigenvalue weighted by molar-refractivity contribution is 7.65. The van der Waals surface area contributed by atoms with Crippen LogP contribution in [0.25, 0.3) is 0 Å². The van der Waals surface area contributed by atoms with Crippen LogP contribution >= 0.6 is 23.5 Å². The molecule has 1 N–H and O–H groups in total. The lowest BCUT2D eigenvalue weighted by Gasteiger charge is -2.37. The summed E-state index contributed by atoms with van der Waals surface area (Å²) in [6.45, 7) is 28.8. The molecule has 0 aliphatic carbocycles. The van der Waals surface area contributed by atoms with Gasteiger partial charge < -0.3 is 90.4 Å². The summed E-state index contributed by atoms with van der Waals surface area (Å²) in [5, 5.41) is 0. The number of rotatable bonds is 23. The summed E-state index contributed by atoms with van der Waals surface area (Å²) in [5.41, 5.74) is 0. The van der Waals surface area contributed by atoms with Gasteiger partial charge in [0.1, 0.15) is 18.5 Å². The van der Waals surface area contributed by atoms with Gasteiger partial charge in [0.15, 0.2) is 25.0 Å². The third-order valence-corrected chi connectivity index (χ3v) is 13.6. The van der Waals surface area contributed by atoms with Crippen molar-refractivity contribution in [2.24, 2.45) is 0 Å². The van der Waals surface area contributed by atoms with Crippen LogP contribution in [0, 0.1) is 0 Å². The minimum Gasteiger partial charge on any atom is -0.756 e. The van der Waals surface area contributed by atoms with Gasteiger partial charge in [-0.15, -0.1) is 0 Å². The predicted molar refractivity (Wildman–Crippen MR) is 297 cm³/mol. The van der Waals surface area contributed by atoms with Crippen LogP contribution in [0.3, 0.4) is 0 Å². The third kappa shape index (κ3) is 49.2. The fourth-order valence-electron chi connectivity index (χ4n) is 7.03. The van der Waals surface area contributed by atoms with Gasteiger partial charge in [-0.3, -0.25) is 18.5 Å². The number of carbonyl (C=O) groups is 3. The van der Waals surface area contributed by atoms with Gasteiger partial charge in [0.2, 0.25) is 0 Å². The Morgan fingerprint density at radius 2 is 1.17 bits per heavy atom. The number of hydrogen-bond donors (Lipinski definition) is 1. The van der Waals surface area contributed by atoms with E-state index in [1.807, 2.05) is 73.6 Å². The van der Waals surface area contributed by atoms with E-state index < -0.39 is 42.3 Å². The van der Waals surface area contributed by atoms with Gasteiger partial charge in [-0.25, -0.2) is 18.2 Å². The Hall–Kier alpha value is -2.56. The first-order valence-corrected chi connectivity index (χ1v) is 32.0. The maximum atomic E-state index is 11.3. The third-order valence-electron chi connectivity index (χ3n) is 9.94. The molecule has 4 aliphatic rings. The molecule has 4 fully saturated rings. The molecule has 0 radical (unpaired) electrons. The predicted octanol–water partition coefficient (Wildman–Crippen LogP) is 7.24. The second-order valence-electron chi connectivity index (χ2n) is 20.1. The highest BCUT2D eigenvalue weighted by atomic mass is 31.3. The van der Waals surface area contributed by atoms with E-state index in [-0.39, 0.29) is 80.0 Å². The molecule has 27 nitrogen and oxygen atoms in total. The minimum absolute atomic E-state index is 0.0255. The molecule has 1 aromatic carbocycles. The lowest BCUT2D eigenvalue weighted by atomic mass is 10.1. The van der Waals surface area contributed by atoms with E-state index in [0.717, 1.165) is 58.5 Å². The number of ether oxygens (including phenoxy) is 14. The molecule has 0 spiro atoms. The Morgan fingerprint density at radius 1 is 0.663 bits per heavy atom. The molecule has 30 heteroatoms. The van der Waals surface area contributed by atoms with Gasteiger partial charge in [0.25, 0.3) is 23.5 Å². The largest absolute Gasteiger partial charge is 0.756 e. The SMILES string of the molecule is CC(=O)OC(C)C.CC(C)OC(=O)COc1ccccc1.CC(C)OC1CCCCO1.CC(C)OC1CCCO1.COC1(OC(C)C)CCOCC1.COC1CC(C)OC1COP(=O)([O-])OP(=O)([O-])OP(=O)([O-])O.COCC(=O)OC(C)C. The maximum absolute atomic E-state index is 11.3. The molecular weight excluding hydrogens is 1160 g/mol. The van der Waals surface area contributed by atoms with Gasteiger partial charge in [0.05, 0.1) is 68.7 Å². The van der Waals surface area contributed by atoms with E-state index in [4.69, 9.17) is 61.7 Å². The number of phosphoric acid groups is 3. The van der Waals surface area contributed by atoms with Crippen molar-refractivity contribution in [1.82, 2.24) is 0 Å². The Bertz CT molecular complexity index is 1950. The van der Waals surface area contributed by atoms with Crippen molar-refractivity contribution in [2.45, 2.75) is 222 Å². The number of carbonyl (C=O) groups excluding carboxylic acids is 3. The molecule has 4 saturated heterocycles. The van der Waals surface area contributed by atoms with Crippen molar-refractivity contribution in [3.05, 3.63) is 30.3 Å². The van der Waals surface area contributed by atoms with Crippen molar-refractivity contribution in [3.8, 4) is 5.75 Å². The zero-order valence-corrected chi connectivity index (χ0v) is 54.4. The fourth-order valence-corrected chi connectivity index (χ4v) is 9.93. The first-order chi connectivity index (χ1) is 38.6. The smallest absolute Gasteiger partial charge is 0.344 e. The van der Waals surface area contributed by atoms with Gasteiger partial charge in [-0.2, -0.15) is 0 Å². The molecule has 8 unspecified atom stereocenters. The molecule has 0 aromatic heterocycles. The number of esters is 3. The number of phosphoric ester groups is 1. The summed E-state index contributed by atoms with van der Waals surface area (Å²) in [6.07, 6.45) is 7.24. The molecule has 0 saturated carbocycles. The van der Waals surface area contributed by atoms with Crippen molar-refractivity contribution in [1.29, 1.82) is 0 Å². The molecule has 4 aliphatic heterocycles. The van der Waals surface area contributed by atoms with Gasteiger partial charge in [-0.05, 0) is 128 Å². The highest BCUT2D eigenvalue weighted by Crippen LogP contribution is 2.61. The molecule has 0 bridgehead atoms. The second-order valence-corrected chi connectivity index (χ2v) is 24.4. The summed E-state index contributed by atoms with van der Waals surface area (Å²) < 4.78 is 116. The summed E-state index contributed by atoms with van der Waals surface area (Å²) in [5.74, 6) is -0.577. The van der Waals surface area contributed by atoms with E-state index in [2.05, 4.69) is 22.6 Å². The average Bonchev–Trinajstić information content (AvgIpc) is 4.02. The second kappa shape index (κ2) is 45.7. The van der Waals surface area contributed by atoms with Crippen molar-refractivity contribution < 1.29 is 127 Å². The first kappa shape index (κ1) is 82.5. The normalized spacial score (nSPS) is 22.1. The molecule has 5 rings (SSSR count). The van der Waals surface area contributed by atoms with Crippen molar-refractivity contribution >= 4 is 41.4 Å². The van der Waals surface area contributed by atoms with Crippen LogP contribution in [0.1, 0.15) is 148 Å². The zero-order chi connectivity index (χ0) is 63.8. The standard InChI is InChI=1S/C11H14O3.C9H18O3.C8H16O2.C7H17O12P3.C7H14O2.C6H12O3.C5H10O2/c1-9(2)14-11(12)8-13-10-6-4-3-5-7-10;1-8(2)12-9(10-3)4-6-11-7-5-9;1-7(2)10-8-5-3-4-6-9-8;1-5-3-6(15-2)7(17-5)4-16-21(11,12)19-22(13,14)18-20(8,9)10;1-6(2)9-7-4-3-5-8-7;1-5(2)9-6(7)4-8-3;1-4(2)7-5(3)6/h3-7,9H,8H2,1-2H3;8H,4-7H2,1-3H3;7-8H,3-6H2,1-2H3;5-7H,3-4H2,1-2H3,(H,11,12)(H,13,14)(H2,8,9,10);6-7H,3-5H2,1-2H3;5H,4H2,1-3H3;4H,1-3H3/p-3. The van der Waals surface area contributed by atoms with E-state index in [0.29, 0.717) is 24.4 Å². The molecule has 490 valence electrons. The minimum atomic E-state index is -5.88. The summed E-state index contributed by atoms with van der Waals surface area (Å²) >= 11 is 0. The van der Waals surface area contributed by atoms with E-state index in [1.165, 1.54) is 34.0 Å². The van der Waals surface area contributed by atoms with E-state index in [9.17, 15) is 42.8 Å². The van der Waals surface area contributed by atoms with Crippen molar-refractivity contribution in [2.75, 3.05) is 67.6 Å². The van der Waals surface area contributed by atoms with Crippen LogP contribution in [-0.4, -0.2) is 164 Å². The Balaban J connectivity index is 0. The van der Waals surface area contributed by atoms with Crippen LogP contribution in [0.5, 0.6) is 5.75 Å². The number of benzene rings is 1. The van der Waals surface area contributed by atoms with Crippen LogP contribution in [0.4, 0.5) is 0 Å². The number of methoxy groups -OCH3 is 3. The maximum Gasteiger partial charge on any atom is 0.344 e. The summed E-state index contributed by atoms with van der Waals surface area (Å²) in [6, 6.07) is 9.18. The van der Waals surface area contributed by atoms with E-state index >= 15 is 0 Å². The summed E-state index contributed by atoms with van der Waals surface area (Å²) in [7, 11) is -12.6. The lowest BCUT2D eigenvalue weighted by molar-refractivity contribution is -0.270. The van der Waals surface area contributed by atoms with Crippen LogP contribution < -0.4 is 19.4 Å². The Labute approximate surface area is 492 Å². The number of para-hydroxylation sites is 1. The zero-order valence-electron chi connectivity index (χ0n) is 51.7. The Morgan fingerprint density at radius 3 is 1.55 bits per heavy atom. The first-order valence-electron chi connectivity index (χ1n) is 27.6. The monoisotopic (exact) mass is 1260 g/mol. The topological polar surface area (TPSA) is 349 Å². The van der Waals surface area contributed by atoms with Crippen molar-refractivity contribution in [3.63, 3.8) is 0 Å². The average molecular weight is 1260 g/mol. The van der Waals surface area contributed by atoms with Gasteiger partial charge in [-0.1, -0.05) is 18.2 Å². The molecular formula is C53H98O27P3-3. The molecule has 83 heavy (non-hydrogen) atoms. The van der Waals surface area contributed by atoms with E-state index in [1.54, 1.807) is 53.9 Å². The molecule has 0 amide bonds. The molecule has 4 heterocycles. The van der Waals surface area contributed by atoms with Gasteiger partial charge >= 0.3 is 17.9 Å². The number of hydrogen-bond acceptors (Lipinski definition) is 26. The molecule has 8 atom stereocenters. The van der Waals surface area contributed by atoms with Crippen LogP contribution in [0.15, 0.2) is 30.3 Å². The lowest BCUT2D eigenvalue weighted by Crippen LogP contribution is -2.42. The highest BCUT2D eigenvalue weighted by Gasteiger charge is 2.36. The van der Waals surface area contributed by atoms with Crippen LogP contribution in [-0.2, 0) is 103 Å². The van der Waals surface area contributed by atoms with Crippen LogP contribution in [0.2, 0.25) is 0 Å². The molecule has 1 aromatic rings. The van der Waals surface area contributed by atoms with Gasteiger partial charge in [0, 0.05) is 67.2 Å².